The molecule has 1 saturated heterocycles. The van der Waals surface area contributed by atoms with Crippen molar-refractivity contribution in [1.29, 1.82) is 0 Å². The van der Waals surface area contributed by atoms with Crippen molar-refractivity contribution in [3.05, 3.63) is 106 Å². The van der Waals surface area contributed by atoms with E-state index < -0.39 is 6.04 Å². The first-order chi connectivity index (χ1) is 19.6. The number of aromatic nitrogens is 5. The number of benzene rings is 3. The first kappa shape index (κ1) is 25.6. The third-order valence-corrected chi connectivity index (χ3v) is 7.47. The van der Waals surface area contributed by atoms with Gasteiger partial charge in [-0.2, -0.15) is 0 Å². The molecule has 0 radical (unpaired) electrons. The standard InChI is InChI=1S/C30H31N7O3/c1-39-24-10-8-21(9-11-24)20-37-29(32-33-34-37)28(36-16-14-35(15-17-36)23-6-4-3-5-7-23)26-19-22-18-25(40-2)12-13-27(22)31-30(26)38/h3-13,18-19,28H,14-17,20H2,1-2H3,(H,31,38)/t28-/m0/s1. The van der Waals surface area contributed by atoms with E-state index in [1.807, 2.05) is 54.6 Å². The molecule has 0 bridgehead atoms. The number of rotatable bonds is 8. The topological polar surface area (TPSA) is 101 Å². The molecule has 1 aliphatic heterocycles. The highest BCUT2D eigenvalue weighted by Gasteiger charge is 2.33. The molecule has 10 heteroatoms. The van der Waals surface area contributed by atoms with E-state index in [0.717, 1.165) is 54.1 Å². The van der Waals surface area contributed by atoms with E-state index in [-0.39, 0.29) is 5.56 Å². The number of fused-ring (bicyclic) bond motifs is 1. The number of H-pyrrole nitrogens is 1. The van der Waals surface area contributed by atoms with Gasteiger partial charge in [0.1, 0.15) is 17.5 Å². The van der Waals surface area contributed by atoms with Gasteiger partial charge in [-0.3, -0.25) is 9.69 Å². The Labute approximate surface area is 231 Å². The summed E-state index contributed by atoms with van der Waals surface area (Å²) in [5, 5.41) is 13.7. The van der Waals surface area contributed by atoms with Gasteiger partial charge < -0.3 is 19.4 Å². The van der Waals surface area contributed by atoms with Crippen LogP contribution in [0.3, 0.4) is 0 Å². The van der Waals surface area contributed by atoms with E-state index >= 15 is 0 Å². The zero-order chi connectivity index (χ0) is 27.5. The van der Waals surface area contributed by atoms with Gasteiger partial charge >= 0.3 is 0 Å². The minimum atomic E-state index is -0.439. The van der Waals surface area contributed by atoms with Crippen molar-refractivity contribution in [2.45, 2.75) is 12.6 Å². The molecule has 0 amide bonds. The van der Waals surface area contributed by atoms with Gasteiger partial charge in [-0.25, -0.2) is 4.68 Å². The Hall–Kier alpha value is -4.70. The third kappa shape index (κ3) is 5.13. The molecule has 40 heavy (non-hydrogen) atoms. The molecule has 2 aromatic heterocycles. The van der Waals surface area contributed by atoms with Gasteiger partial charge in [0.2, 0.25) is 0 Å². The second-order valence-electron chi connectivity index (χ2n) is 9.81. The van der Waals surface area contributed by atoms with Crippen molar-refractivity contribution in [2.24, 2.45) is 0 Å². The molecule has 0 spiro atoms. The summed E-state index contributed by atoms with van der Waals surface area (Å²) in [7, 11) is 3.28. The largest absolute Gasteiger partial charge is 0.497 e. The fraction of sp³-hybridized carbons (Fsp3) is 0.267. The minimum absolute atomic E-state index is 0.160. The number of pyridine rings is 1. The van der Waals surface area contributed by atoms with Crippen LogP contribution < -0.4 is 19.9 Å². The Morgan fingerprint density at radius 3 is 2.33 bits per heavy atom. The van der Waals surface area contributed by atoms with Crippen LogP contribution in [0.5, 0.6) is 11.5 Å². The number of hydrogen-bond acceptors (Lipinski definition) is 8. The lowest BCUT2D eigenvalue weighted by atomic mass is 10.0. The highest BCUT2D eigenvalue weighted by molar-refractivity contribution is 5.80. The maximum absolute atomic E-state index is 13.6. The first-order valence-corrected chi connectivity index (χ1v) is 13.3. The number of ether oxygens (including phenoxy) is 2. The van der Waals surface area contributed by atoms with Crippen molar-refractivity contribution in [3.63, 3.8) is 0 Å². The highest BCUT2D eigenvalue weighted by Crippen LogP contribution is 2.30. The lowest BCUT2D eigenvalue weighted by molar-refractivity contribution is 0.200. The summed E-state index contributed by atoms with van der Waals surface area (Å²) < 4.78 is 12.5. The number of anilines is 1. The van der Waals surface area contributed by atoms with Crippen LogP contribution in [0.15, 0.2) is 83.7 Å². The summed E-state index contributed by atoms with van der Waals surface area (Å²) in [6.45, 7) is 3.58. The van der Waals surface area contributed by atoms with Crippen molar-refractivity contribution < 1.29 is 9.47 Å². The Morgan fingerprint density at radius 1 is 0.875 bits per heavy atom. The molecule has 0 aliphatic carbocycles. The molecular formula is C30H31N7O3. The van der Waals surface area contributed by atoms with Crippen LogP contribution in [0.2, 0.25) is 0 Å². The van der Waals surface area contributed by atoms with Crippen LogP contribution in [0.4, 0.5) is 5.69 Å². The zero-order valence-electron chi connectivity index (χ0n) is 22.5. The lowest BCUT2D eigenvalue weighted by Crippen LogP contribution is -2.49. The van der Waals surface area contributed by atoms with Crippen LogP contribution >= 0.6 is 0 Å². The van der Waals surface area contributed by atoms with Crippen molar-refractivity contribution in [3.8, 4) is 11.5 Å². The summed E-state index contributed by atoms with van der Waals surface area (Å²) in [6.07, 6.45) is 0. The second-order valence-corrected chi connectivity index (χ2v) is 9.81. The molecule has 3 aromatic carbocycles. The number of hydrogen-bond donors (Lipinski definition) is 1. The summed E-state index contributed by atoms with van der Waals surface area (Å²) in [5.41, 5.74) is 3.41. The van der Waals surface area contributed by atoms with Gasteiger partial charge in [-0.1, -0.05) is 30.3 Å². The normalized spacial score (nSPS) is 14.8. The SMILES string of the molecule is COc1ccc(Cn2nnnc2[C@H](c2cc3cc(OC)ccc3[nH]c2=O)N2CCN(c3ccccc3)CC2)cc1. The van der Waals surface area contributed by atoms with Crippen LogP contribution in [-0.2, 0) is 6.54 Å². The maximum Gasteiger partial charge on any atom is 0.253 e. The Balaban J connectivity index is 1.38. The van der Waals surface area contributed by atoms with Crippen LogP contribution in [0, 0.1) is 0 Å². The van der Waals surface area contributed by atoms with E-state index in [1.165, 1.54) is 5.69 Å². The number of nitrogens with one attached hydrogen (secondary N) is 1. The average Bonchev–Trinajstić information content (AvgIpc) is 3.46. The fourth-order valence-corrected chi connectivity index (χ4v) is 5.33. The predicted molar refractivity (Wildman–Crippen MR) is 153 cm³/mol. The van der Waals surface area contributed by atoms with Crippen LogP contribution in [0.25, 0.3) is 10.9 Å². The molecule has 0 saturated carbocycles. The van der Waals surface area contributed by atoms with E-state index in [9.17, 15) is 4.79 Å². The molecule has 5 aromatic rings. The Bertz CT molecular complexity index is 1640. The predicted octanol–water partition coefficient (Wildman–Crippen LogP) is 3.49. The quantitative estimate of drug-likeness (QED) is 0.321. The molecular weight excluding hydrogens is 506 g/mol. The van der Waals surface area contributed by atoms with Crippen molar-refractivity contribution in [2.75, 3.05) is 45.3 Å². The number of piperazine rings is 1. The number of methoxy groups -OCH3 is 2. The van der Waals surface area contributed by atoms with Crippen molar-refractivity contribution in [1.82, 2.24) is 30.1 Å². The molecule has 6 rings (SSSR count). The number of para-hydroxylation sites is 1. The summed E-state index contributed by atoms with van der Waals surface area (Å²) in [4.78, 5) is 21.3. The summed E-state index contributed by atoms with van der Waals surface area (Å²) in [6, 6.07) is 25.4. The fourth-order valence-electron chi connectivity index (χ4n) is 5.33. The number of aromatic amines is 1. The lowest BCUT2D eigenvalue weighted by Gasteiger charge is -2.39. The highest BCUT2D eigenvalue weighted by atomic mass is 16.5. The minimum Gasteiger partial charge on any atom is -0.497 e. The molecule has 0 unspecified atom stereocenters. The molecule has 204 valence electrons. The average molecular weight is 538 g/mol. The van der Waals surface area contributed by atoms with E-state index in [2.05, 4.69) is 54.6 Å². The van der Waals surface area contributed by atoms with Crippen LogP contribution in [0.1, 0.15) is 23.0 Å². The maximum atomic E-state index is 13.6. The molecule has 1 N–H and O–H groups in total. The number of tetrazole rings is 1. The molecule has 1 aliphatic rings. The first-order valence-electron chi connectivity index (χ1n) is 13.3. The monoisotopic (exact) mass is 537 g/mol. The van der Waals surface area contributed by atoms with Gasteiger partial charge in [0.05, 0.1) is 20.8 Å². The molecule has 1 atom stereocenters. The van der Waals surface area contributed by atoms with Crippen LogP contribution in [-0.4, -0.2) is 70.5 Å². The number of nitrogens with zero attached hydrogens (tertiary/aromatic N) is 6. The van der Waals surface area contributed by atoms with Gasteiger partial charge in [-0.05, 0) is 64.5 Å². The smallest absolute Gasteiger partial charge is 0.253 e. The van der Waals surface area contributed by atoms with Gasteiger partial charge in [0.25, 0.3) is 5.56 Å². The third-order valence-electron chi connectivity index (χ3n) is 7.47. The Kier molecular flexibility index (Phi) is 7.15. The van der Waals surface area contributed by atoms with E-state index in [4.69, 9.17) is 9.47 Å². The Morgan fingerprint density at radius 2 is 1.60 bits per heavy atom. The molecule has 10 nitrogen and oxygen atoms in total. The van der Waals surface area contributed by atoms with E-state index in [0.29, 0.717) is 17.9 Å². The van der Waals surface area contributed by atoms with Crippen molar-refractivity contribution >= 4 is 16.6 Å². The second kappa shape index (κ2) is 11.2. The summed E-state index contributed by atoms with van der Waals surface area (Å²) in [5.74, 6) is 2.13. The molecule has 3 heterocycles. The summed E-state index contributed by atoms with van der Waals surface area (Å²) >= 11 is 0. The van der Waals surface area contributed by atoms with Gasteiger partial charge in [0, 0.05) is 48.3 Å². The van der Waals surface area contributed by atoms with Gasteiger partial charge in [-0.15, -0.1) is 5.10 Å². The zero-order valence-corrected chi connectivity index (χ0v) is 22.5. The van der Waals surface area contributed by atoms with E-state index in [1.54, 1.807) is 18.9 Å². The molecule has 1 fully saturated rings. The van der Waals surface area contributed by atoms with Gasteiger partial charge in [0.15, 0.2) is 5.82 Å².